The van der Waals surface area contributed by atoms with Crippen LogP contribution in [-0.4, -0.2) is 34.9 Å². The van der Waals surface area contributed by atoms with Crippen LogP contribution < -0.4 is 4.90 Å². The van der Waals surface area contributed by atoms with E-state index in [0.717, 1.165) is 49.8 Å². The van der Waals surface area contributed by atoms with Crippen molar-refractivity contribution in [3.63, 3.8) is 0 Å². The molecule has 0 radical (unpaired) electrons. The second-order valence-corrected chi connectivity index (χ2v) is 14.0. The molecule has 0 spiro atoms. The molecule has 0 saturated heterocycles. The zero-order valence-electron chi connectivity index (χ0n) is 23.0. The quantitative estimate of drug-likeness (QED) is 0.512. The minimum absolute atomic E-state index is 0.126. The topological polar surface area (TPSA) is 60.8 Å². The fourth-order valence-electron chi connectivity index (χ4n) is 10.5. The molecular formula is C32H46FNO3. The van der Waals surface area contributed by atoms with E-state index in [1.165, 1.54) is 37.8 Å². The van der Waals surface area contributed by atoms with Gasteiger partial charge in [-0.3, -0.25) is 4.79 Å². The summed E-state index contributed by atoms with van der Waals surface area (Å²) in [5.41, 5.74) is 2.31. The summed E-state index contributed by atoms with van der Waals surface area (Å²) in [6.45, 7) is 7.97. The molecule has 10 atom stereocenters. The maximum absolute atomic E-state index is 13.8. The Labute approximate surface area is 222 Å². The van der Waals surface area contributed by atoms with Gasteiger partial charge in [0, 0.05) is 18.7 Å². The molecule has 0 aromatic heterocycles. The van der Waals surface area contributed by atoms with Crippen LogP contribution in [0, 0.1) is 52.2 Å². The van der Waals surface area contributed by atoms with E-state index in [1.54, 1.807) is 4.90 Å². The van der Waals surface area contributed by atoms with Gasteiger partial charge in [-0.25, -0.2) is 4.39 Å². The van der Waals surface area contributed by atoms with Crippen LogP contribution in [0.1, 0.15) is 90.5 Å². The number of anilines is 1. The Morgan fingerprint density at radius 1 is 1.08 bits per heavy atom. The Kier molecular flexibility index (Phi) is 6.50. The summed E-state index contributed by atoms with van der Waals surface area (Å²) in [6, 6.07) is 4.81. The molecule has 37 heavy (non-hydrogen) atoms. The summed E-state index contributed by atoms with van der Waals surface area (Å²) in [7, 11) is 0. The first kappa shape index (κ1) is 25.8. The average molecular weight is 512 g/mol. The molecule has 2 N–H and O–H groups in total. The first-order valence-corrected chi connectivity index (χ1v) is 15.1. The number of aliphatic hydroxyl groups is 2. The van der Waals surface area contributed by atoms with E-state index in [-0.39, 0.29) is 34.8 Å². The zero-order chi connectivity index (χ0) is 26.1. The maximum atomic E-state index is 13.8. The van der Waals surface area contributed by atoms with E-state index in [4.69, 9.17) is 0 Å². The van der Waals surface area contributed by atoms with Gasteiger partial charge in [0.15, 0.2) is 0 Å². The van der Waals surface area contributed by atoms with Gasteiger partial charge in [0.25, 0.3) is 0 Å². The van der Waals surface area contributed by atoms with Gasteiger partial charge >= 0.3 is 0 Å². The third-order valence-corrected chi connectivity index (χ3v) is 12.5. The minimum atomic E-state index is -0.276. The van der Waals surface area contributed by atoms with Crippen molar-refractivity contribution in [2.45, 2.75) is 104 Å². The lowest BCUT2D eigenvalue weighted by Crippen LogP contribution is -2.58. The van der Waals surface area contributed by atoms with Crippen molar-refractivity contribution in [3.05, 3.63) is 29.6 Å². The maximum Gasteiger partial charge on any atom is 0.227 e. The van der Waals surface area contributed by atoms with E-state index < -0.39 is 0 Å². The molecule has 0 bridgehead atoms. The Morgan fingerprint density at radius 3 is 2.65 bits per heavy atom. The third-order valence-electron chi connectivity index (χ3n) is 12.5. The van der Waals surface area contributed by atoms with Crippen LogP contribution in [0.4, 0.5) is 10.1 Å². The Balaban J connectivity index is 1.13. The van der Waals surface area contributed by atoms with E-state index >= 15 is 0 Å². The standard InChI is InChI=1S/C32H46FNO3/c1-19(4-9-29(37)34-15-12-20-5-6-22(33)18-27(20)34)24-7-8-25-30-26(11-14-32(24,25)3)31(2)13-10-23(35)16-21(31)17-28(30)36/h5-6,18-19,21,23-26,28,30,35-36H,4,7-17H2,1-3H3/t19-,21+,23-,24-,25+,26+,28-,30+,31+,32-/m1/s1. The largest absolute Gasteiger partial charge is 0.393 e. The molecule has 5 heteroatoms. The van der Waals surface area contributed by atoms with Gasteiger partial charge < -0.3 is 15.1 Å². The SMILES string of the molecule is C[C@H](CCC(=O)N1CCc2ccc(F)cc21)[C@H]1CC[C@H]2[C@@H]3[C@H](O)C[C@@H]4C[C@H](O)CC[C@]4(C)[C@H]3CC[C@]12C. The van der Waals surface area contributed by atoms with Crippen molar-refractivity contribution in [2.24, 2.45) is 46.3 Å². The number of hydrogen-bond acceptors (Lipinski definition) is 3. The van der Waals surface area contributed by atoms with Crippen molar-refractivity contribution < 1.29 is 19.4 Å². The fraction of sp³-hybridized carbons (Fsp3) is 0.781. The van der Waals surface area contributed by atoms with E-state index in [9.17, 15) is 19.4 Å². The Bertz CT molecular complexity index is 1040. The fourth-order valence-corrected chi connectivity index (χ4v) is 10.5. The number of hydrogen-bond donors (Lipinski definition) is 2. The van der Waals surface area contributed by atoms with E-state index in [0.29, 0.717) is 48.5 Å². The first-order valence-electron chi connectivity index (χ1n) is 15.1. The lowest BCUT2D eigenvalue weighted by Gasteiger charge is -2.62. The number of rotatable bonds is 4. The highest BCUT2D eigenvalue weighted by molar-refractivity contribution is 5.95. The molecule has 4 aliphatic carbocycles. The molecule has 6 rings (SSSR count). The van der Waals surface area contributed by atoms with Crippen LogP contribution in [0.25, 0.3) is 0 Å². The predicted octanol–water partition coefficient (Wildman–Crippen LogP) is 6.12. The van der Waals surface area contributed by atoms with Gasteiger partial charge in [-0.1, -0.05) is 26.8 Å². The summed E-state index contributed by atoms with van der Waals surface area (Å²) in [5.74, 6) is 2.84. The van der Waals surface area contributed by atoms with E-state index in [1.807, 2.05) is 6.07 Å². The number of carbonyl (C=O) groups is 1. The monoisotopic (exact) mass is 511 g/mol. The van der Waals surface area contributed by atoms with Crippen molar-refractivity contribution in [2.75, 3.05) is 11.4 Å². The average Bonchev–Trinajstić information content (AvgIpc) is 3.44. The van der Waals surface area contributed by atoms with Crippen molar-refractivity contribution in [1.29, 1.82) is 0 Å². The highest BCUT2D eigenvalue weighted by Gasteiger charge is 2.62. The summed E-state index contributed by atoms with van der Waals surface area (Å²) in [4.78, 5) is 15.0. The molecular weight excluding hydrogens is 465 g/mol. The number of nitrogens with zero attached hydrogens (tertiary/aromatic N) is 1. The van der Waals surface area contributed by atoms with Crippen LogP contribution in [0.5, 0.6) is 0 Å². The van der Waals surface area contributed by atoms with Crippen LogP contribution in [0.15, 0.2) is 18.2 Å². The Morgan fingerprint density at radius 2 is 1.84 bits per heavy atom. The molecule has 1 aromatic carbocycles. The van der Waals surface area contributed by atoms with Gasteiger partial charge in [-0.05, 0) is 128 Å². The van der Waals surface area contributed by atoms with Crippen LogP contribution in [-0.2, 0) is 11.2 Å². The normalized spacial score (nSPS) is 43.5. The molecule has 0 unspecified atom stereocenters. The number of fused-ring (bicyclic) bond motifs is 6. The highest BCUT2D eigenvalue weighted by Crippen LogP contribution is 2.68. The molecule has 1 aromatic rings. The molecule has 204 valence electrons. The zero-order valence-corrected chi connectivity index (χ0v) is 23.0. The molecule has 4 nitrogen and oxygen atoms in total. The number of carbonyl (C=O) groups excluding carboxylic acids is 1. The van der Waals surface area contributed by atoms with Crippen LogP contribution in [0.2, 0.25) is 0 Å². The summed E-state index contributed by atoms with van der Waals surface area (Å²) in [5, 5.41) is 21.8. The number of benzene rings is 1. The summed E-state index contributed by atoms with van der Waals surface area (Å²) >= 11 is 0. The molecule has 1 heterocycles. The number of halogens is 1. The first-order chi connectivity index (χ1) is 17.6. The second-order valence-electron chi connectivity index (χ2n) is 14.0. The van der Waals surface area contributed by atoms with Crippen molar-refractivity contribution in [1.82, 2.24) is 0 Å². The molecule has 1 aliphatic heterocycles. The van der Waals surface area contributed by atoms with Gasteiger partial charge in [0.1, 0.15) is 5.82 Å². The van der Waals surface area contributed by atoms with Crippen molar-refractivity contribution >= 4 is 11.6 Å². The summed E-state index contributed by atoms with van der Waals surface area (Å²) < 4.78 is 13.8. The molecule has 1 amide bonds. The van der Waals surface area contributed by atoms with Crippen LogP contribution >= 0.6 is 0 Å². The lowest BCUT2D eigenvalue weighted by molar-refractivity contribution is -0.174. The Hall–Kier alpha value is -1.46. The van der Waals surface area contributed by atoms with Gasteiger partial charge in [0.2, 0.25) is 5.91 Å². The summed E-state index contributed by atoms with van der Waals surface area (Å²) in [6.07, 6.45) is 10.3. The van der Waals surface area contributed by atoms with Gasteiger partial charge in [0.05, 0.1) is 12.2 Å². The smallest absolute Gasteiger partial charge is 0.227 e. The highest BCUT2D eigenvalue weighted by atomic mass is 19.1. The van der Waals surface area contributed by atoms with Gasteiger partial charge in [-0.2, -0.15) is 0 Å². The lowest BCUT2D eigenvalue weighted by atomic mass is 9.43. The third kappa shape index (κ3) is 4.09. The number of aliphatic hydroxyl groups excluding tert-OH is 2. The van der Waals surface area contributed by atoms with E-state index in [2.05, 4.69) is 20.8 Å². The second kappa shape index (κ2) is 9.33. The molecule has 4 fully saturated rings. The molecule has 5 aliphatic rings. The molecule has 4 saturated carbocycles. The number of amides is 1. The van der Waals surface area contributed by atoms with Gasteiger partial charge in [-0.15, -0.1) is 0 Å². The van der Waals surface area contributed by atoms with Crippen molar-refractivity contribution in [3.8, 4) is 0 Å². The predicted molar refractivity (Wildman–Crippen MR) is 143 cm³/mol. The van der Waals surface area contributed by atoms with Crippen LogP contribution in [0.3, 0.4) is 0 Å². The minimum Gasteiger partial charge on any atom is -0.393 e.